The summed E-state index contributed by atoms with van der Waals surface area (Å²) in [5.41, 5.74) is 1.23. The third kappa shape index (κ3) is 6.02. The maximum atomic E-state index is 13.4. The summed E-state index contributed by atoms with van der Waals surface area (Å²) in [6.45, 7) is 0. The molecule has 2 heterocycles. The molecule has 0 atom stereocenters. The van der Waals surface area contributed by atoms with Crippen LogP contribution in [0.25, 0.3) is 22.6 Å². The van der Waals surface area contributed by atoms with E-state index in [1.54, 1.807) is 46.3 Å². The van der Waals surface area contributed by atoms with E-state index in [0.29, 0.717) is 16.4 Å². The van der Waals surface area contributed by atoms with Crippen LogP contribution in [0.1, 0.15) is 11.6 Å². The largest absolute Gasteiger partial charge is 0.452 e. The zero-order chi connectivity index (χ0) is 30.4. The molecule has 0 unspecified atom stereocenters. The van der Waals surface area contributed by atoms with Crippen LogP contribution in [0.5, 0.6) is 0 Å². The Hall–Kier alpha value is -3.47. The van der Waals surface area contributed by atoms with Gasteiger partial charge in [0.2, 0.25) is 16.5 Å². The van der Waals surface area contributed by atoms with Crippen LogP contribution >= 0.6 is 38.9 Å². The quantitative estimate of drug-likeness (QED) is 0.177. The van der Waals surface area contributed by atoms with Gasteiger partial charge in [-0.1, -0.05) is 39.7 Å². The van der Waals surface area contributed by atoms with Crippen LogP contribution in [0.2, 0.25) is 5.02 Å². The van der Waals surface area contributed by atoms with Crippen LogP contribution in [0.4, 0.5) is 26.3 Å². The molecule has 5 aromatic rings. The number of benzene rings is 3. The molecule has 17 heteroatoms. The molecular weight excluding hydrogens is 696 g/mol. The molecule has 0 saturated heterocycles. The van der Waals surface area contributed by atoms with Crippen molar-refractivity contribution in [3.63, 3.8) is 0 Å². The van der Waals surface area contributed by atoms with Gasteiger partial charge in [-0.05, 0) is 66.2 Å². The highest BCUT2D eigenvalue weighted by Gasteiger charge is 2.45. The Morgan fingerprint density at radius 2 is 1.26 bits per heavy atom. The molecule has 0 aliphatic heterocycles. The maximum Gasteiger partial charge on any atom is 0.452 e. The Morgan fingerprint density at radius 1 is 0.762 bits per heavy atom. The summed E-state index contributed by atoms with van der Waals surface area (Å²) >= 11 is 10.4. The second-order valence-corrected chi connectivity index (χ2v) is 12.3. The van der Waals surface area contributed by atoms with E-state index in [2.05, 4.69) is 30.5 Å². The van der Waals surface area contributed by atoms with Crippen LogP contribution in [0.3, 0.4) is 0 Å². The van der Waals surface area contributed by atoms with Gasteiger partial charge in [-0.3, -0.25) is 9.13 Å². The second kappa shape index (κ2) is 11.0. The number of nitrogens with zero attached hydrogens (tertiary/aromatic N) is 5. The van der Waals surface area contributed by atoms with E-state index in [9.17, 15) is 34.8 Å². The van der Waals surface area contributed by atoms with Gasteiger partial charge in [-0.15, -0.1) is 25.9 Å². The highest BCUT2D eigenvalue weighted by molar-refractivity contribution is 9.10. The van der Waals surface area contributed by atoms with E-state index in [1.807, 2.05) is 12.1 Å². The Kier molecular flexibility index (Phi) is 7.85. The zero-order valence-electron chi connectivity index (χ0n) is 20.4. The summed E-state index contributed by atoms with van der Waals surface area (Å²) in [6.07, 6.45) is -10.5. The minimum Gasteiger partial charge on any atom is -0.284 e. The lowest BCUT2D eigenvalue weighted by molar-refractivity contribution is -0.153. The van der Waals surface area contributed by atoms with Gasteiger partial charge in [0.25, 0.3) is 10.0 Å². The monoisotopic (exact) mass is 707 g/mol. The molecule has 0 radical (unpaired) electrons. The molecule has 0 aliphatic carbocycles. The summed E-state index contributed by atoms with van der Waals surface area (Å²) in [6, 6.07) is 17.0. The van der Waals surface area contributed by atoms with E-state index in [0.717, 1.165) is 45.6 Å². The van der Waals surface area contributed by atoms with Gasteiger partial charge in [-0.2, -0.15) is 34.8 Å². The summed E-state index contributed by atoms with van der Waals surface area (Å²) in [5, 5.41) is 7.44. The molecular formula is C25H13BrClF6N5O2S2. The number of rotatable bonds is 5. The van der Waals surface area contributed by atoms with Gasteiger partial charge < -0.3 is 0 Å². The Labute approximate surface area is 250 Å². The van der Waals surface area contributed by atoms with Crippen molar-refractivity contribution in [2.24, 2.45) is 4.40 Å². The average molecular weight is 709 g/mol. The van der Waals surface area contributed by atoms with Gasteiger partial charge in [0.1, 0.15) is 0 Å². The van der Waals surface area contributed by atoms with Gasteiger partial charge in [0.15, 0.2) is 0 Å². The van der Waals surface area contributed by atoms with Gasteiger partial charge >= 0.3 is 12.4 Å². The van der Waals surface area contributed by atoms with Crippen LogP contribution in [0.15, 0.2) is 91.9 Å². The van der Waals surface area contributed by atoms with E-state index >= 15 is 0 Å². The minimum absolute atomic E-state index is 0.0249. The second-order valence-electron chi connectivity index (χ2n) is 8.46. The molecule has 0 N–H and O–H groups in total. The van der Waals surface area contributed by atoms with Crippen molar-refractivity contribution in [2.75, 3.05) is 0 Å². The van der Waals surface area contributed by atoms with Gasteiger partial charge in [0.05, 0.1) is 10.6 Å². The third-order valence-electron chi connectivity index (χ3n) is 5.69. The molecule has 5 rings (SSSR count). The molecule has 0 bridgehead atoms. The Balaban J connectivity index is 1.61. The van der Waals surface area contributed by atoms with Crippen LogP contribution in [-0.4, -0.2) is 27.7 Å². The smallest absolute Gasteiger partial charge is 0.284 e. The SMILES string of the molecule is O=S(=O)(/N=c1\scc(-c2ccc(Br)cc2)n1-c1ccc(Cl)cc1)c1ccc(-n2c(C(F)(F)F)nnc2C(F)(F)F)cc1. The minimum atomic E-state index is -5.27. The van der Waals surface area contributed by atoms with Crippen molar-refractivity contribution in [2.45, 2.75) is 17.2 Å². The molecule has 0 saturated carbocycles. The first-order valence-electron chi connectivity index (χ1n) is 11.4. The van der Waals surface area contributed by atoms with Crippen molar-refractivity contribution in [3.8, 4) is 22.6 Å². The summed E-state index contributed by atoms with van der Waals surface area (Å²) in [4.78, 5) is -0.445. The van der Waals surface area contributed by atoms with Crippen molar-refractivity contribution in [1.82, 2.24) is 19.3 Å². The van der Waals surface area contributed by atoms with Crippen LogP contribution < -0.4 is 4.80 Å². The van der Waals surface area contributed by atoms with E-state index in [4.69, 9.17) is 11.6 Å². The number of alkyl halides is 6. The number of hydrogen-bond acceptors (Lipinski definition) is 5. The highest BCUT2D eigenvalue weighted by atomic mass is 79.9. The predicted molar refractivity (Wildman–Crippen MR) is 146 cm³/mol. The van der Waals surface area contributed by atoms with Crippen molar-refractivity contribution >= 4 is 48.9 Å². The number of aromatic nitrogens is 4. The predicted octanol–water partition coefficient (Wildman–Crippen LogP) is 7.53. The van der Waals surface area contributed by atoms with E-state index in [1.165, 1.54) is 0 Å². The first-order chi connectivity index (χ1) is 19.6. The lowest BCUT2D eigenvalue weighted by Crippen LogP contribution is -2.19. The van der Waals surface area contributed by atoms with E-state index < -0.39 is 44.6 Å². The fourth-order valence-electron chi connectivity index (χ4n) is 3.86. The molecule has 218 valence electrons. The molecule has 2 aromatic heterocycles. The van der Waals surface area contributed by atoms with Crippen molar-refractivity contribution < 1.29 is 34.8 Å². The lowest BCUT2D eigenvalue weighted by atomic mass is 10.1. The van der Waals surface area contributed by atoms with Gasteiger partial charge in [-0.25, -0.2) is 0 Å². The molecule has 7 nitrogen and oxygen atoms in total. The molecule has 3 aromatic carbocycles. The first-order valence-corrected chi connectivity index (χ1v) is 14.9. The van der Waals surface area contributed by atoms with Crippen molar-refractivity contribution in [1.29, 1.82) is 0 Å². The number of halogens is 8. The Bertz CT molecular complexity index is 1900. The van der Waals surface area contributed by atoms with E-state index in [-0.39, 0.29) is 9.37 Å². The molecule has 0 spiro atoms. The third-order valence-corrected chi connectivity index (χ3v) is 8.70. The Morgan fingerprint density at radius 3 is 1.79 bits per heavy atom. The summed E-state index contributed by atoms with van der Waals surface area (Å²) in [7, 11) is -4.49. The maximum absolute atomic E-state index is 13.4. The first kappa shape index (κ1) is 30.0. The summed E-state index contributed by atoms with van der Waals surface area (Å²) < 4.78 is 113. The molecule has 42 heavy (non-hydrogen) atoms. The number of thiazole rings is 1. The average Bonchev–Trinajstić information content (AvgIpc) is 3.55. The van der Waals surface area contributed by atoms with Gasteiger partial charge in [0, 0.05) is 26.3 Å². The molecule has 0 aliphatic rings. The highest BCUT2D eigenvalue weighted by Crippen LogP contribution is 2.36. The summed E-state index contributed by atoms with van der Waals surface area (Å²) in [5.74, 6) is -3.84. The molecule has 0 amide bonds. The number of sulfonamides is 1. The normalized spacial score (nSPS) is 13.1. The van der Waals surface area contributed by atoms with Crippen LogP contribution in [-0.2, 0) is 22.4 Å². The standard InChI is InChI=1S/C25H13BrClF6N5O2S2/c26-15-3-1-14(2-4-15)20-13-41-23(37(20)17-7-5-16(27)6-8-17)36-42(39,40)19-11-9-18(10-12-19)38-21(24(28,29)30)34-35-22(38)25(31,32)33/h1-13H/b36-23-. The van der Waals surface area contributed by atoms with Crippen LogP contribution in [0, 0.1) is 0 Å². The number of hydrogen-bond donors (Lipinski definition) is 0. The fraction of sp³-hybridized carbons (Fsp3) is 0.0800. The fourth-order valence-corrected chi connectivity index (χ4v) is 6.35. The zero-order valence-corrected chi connectivity index (χ0v) is 24.4. The van der Waals surface area contributed by atoms with Crippen molar-refractivity contribution in [3.05, 3.63) is 104 Å². The topological polar surface area (TPSA) is 82.1 Å². The molecule has 0 fully saturated rings. The lowest BCUT2D eigenvalue weighted by Gasteiger charge is -2.14.